The van der Waals surface area contributed by atoms with Gasteiger partial charge in [-0.15, -0.1) is 0 Å². The van der Waals surface area contributed by atoms with Gasteiger partial charge in [-0.1, -0.05) is 20.3 Å². The first-order chi connectivity index (χ1) is 13.6. The molecule has 4 atom stereocenters. The molecule has 1 rings (SSSR count). The Morgan fingerprint density at radius 1 is 1.21 bits per heavy atom. The Morgan fingerprint density at radius 3 is 2.38 bits per heavy atom. The van der Waals surface area contributed by atoms with Crippen LogP contribution in [0.3, 0.4) is 0 Å². The van der Waals surface area contributed by atoms with Crippen LogP contribution < -0.4 is 22.1 Å². The van der Waals surface area contributed by atoms with E-state index in [9.17, 15) is 29.1 Å². The molecule has 1 heterocycles. The normalized spacial score (nSPS) is 19.1. The molecule has 0 saturated carbocycles. The van der Waals surface area contributed by atoms with E-state index in [4.69, 9.17) is 11.5 Å². The van der Waals surface area contributed by atoms with Gasteiger partial charge in [0.1, 0.15) is 18.1 Å². The van der Waals surface area contributed by atoms with E-state index in [0.29, 0.717) is 19.3 Å². The van der Waals surface area contributed by atoms with E-state index in [1.54, 1.807) is 6.92 Å². The van der Waals surface area contributed by atoms with Crippen LogP contribution in [0.15, 0.2) is 0 Å². The highest BCUT2D eigenvalue weighted by Gasteiger charge is 2.38. The largest absolute Gasteiger partial charge is 0.480 e. The van der Waals surface area contributed by atoms with Gasteiger partial charge in [-0.3, -0.25) is 19.2 Å². The average Bonchev–Trinajstić information content (AvgIpc) is 3.17. The van der Waals surface area contributed by atoms with Crippen molar-refractivity contribution in [3.05, 3.63) is 0 Å². The third-order valence-corrected chi connectivity index (χ3v) is 5.11. The lowest BCUT2D eigenvalue weighted by Gasteiger charge is -2.30. The zero-order chi connectivity index (χ0) is 22.1. The molecule has 0 bridgehead atoms. The third kappa shape index (κ3) is 7.00. The smallest absolute Gasteiger partial charge is 0.326 e. The summed E-state index contributed by atoms with van der Waals surface area (Å²) in [6, 6.07) is -3.03. The predicted molar refractivity (Wildman–Crippen MR) is 103 cm³/mol. The van der Waals surface area contributed by atoms with Gasteiger partial charge in [0, 0.05) is 13.0 Å². The van der Waals surface area contributed by atoms with Crippen molar-refractivity contribution < 1.29 is 29.1 Å². The van der Waals surface area contributed by atoms with Crippen molar-refractivity contribution in [2.75, 3.05) is 13.1 Å². The van der Waals surface area contributed by atoms with Crippen molar-refractivity contribution >= 4 is 29.6 Å². The Hall–Kier alpha value is -2.69. The lowest BCUT2D eigenvalue weighted by Crippen LogP contribution is -2.57. The van der Waals surface area contributed by atoms with E-state index < -0.39 is 47.7 Å². The Balaban J connectivity index is 3.01. The fourth-order valence-electron chi connectivity index (χ4n) is 3.23. The first kappa shape index (κ1) is 24.3. The molecule has 29 heavy (non-hydrogen) atoms. The number of hydrogen-bond acceptors (Lipinski definition) is 6. The number of carbonyl (C=O) groups excluding carboxylic acids is 4. The molecule has 7 N–H and O–H groups in total. The molecule has 0 aromatic heterocycles. The van der Waals surface area contributed by atoms with Gasteiger partial charge in [0.25, 0.3) is 0 Å². The fraction of sp³-hybridized carbons (Fsp3) is 0.722. The summed E-state index contributed by atoms with van der Waals surface area (Å²) in [7, 11) is 0. The van der Waals surface area contributed by atoms with E-state index >= 15 is 0 Å². The highest BCUT2D eigenvalue weighted by Crippen LogP contribution is 2.20. The van der Waals surface area contributed by atoms with Crippen LogP contribution in [0.2, 0.25) is 0 Å². The molecule has 0 aliphatic carbocycles. The van der Waals surface area contributed by atoms with Gasteiger partial charge >= 0.3 is 5.97 Å². The average molecular weight is 413 g/mol. The highest BCUT2D eigenvalue weighted by atomic mass is 16.4. The molecule has 0 spiro atoms. The number of carboxylic acid groups (broad SMARTS) is 1. The lowest BCUT2D eigenvalue weighted by molar-refractivity contribution is -0.149. The molecule has 164 valence electrons. The molecule has 0 aromatic carbocycles. The van der Waals surface area contributed by atoms with Gasteiger partial charge in [-0.2, -0.15) is 0 Å². The molecule has 4 unspecified atom stereocenters. The Morgan fingerprint density at radius 2 is 1.86 bits per heavy atom. The quantitative estimate of drug-likeness (QED) is 0.267. The van der Waals surface area contributed by atoms with Gasteiger partial charge in [0.05, 0.1) is 6.54 Å². The summed E-state index contributed by atoms with van der Waals surface area (Å²) < 4.78 is 0. The molecule has 11 heteroatoms. The van der Waals surface area contributed by atoms with E-state index in [0.717, 1.165) is 0 Å². The number of aliphatic carboxylic acids is 1. The standard InChI is InChI=1S/C18H31N5O6/c1-3-10(2)15(22-14(25)9-19)16(26)21-11(6-7-13(20)24)17(27)23-8-4-5-12(23)18(28)29/h10-12,15H,3-9,19H2,1-2H3,(H2,20,24)(H,21,26)(H,22,25)(H,28,29). The van der Waals surface area contributed by atoms with Crippen LogP contribution in [0.4, 0.5) is 0 Å². The molecule has 1 fully saturated rings. The second-order valence-electron chi connectivity index (χ2n) is 7.23. The van der Waals surface area contributed by atoms with Crippen LogP contribution in [0.5, 0.6) is 0 Å². The van der Waals surface area contributed by atoms with Gasteiger partial charge in [0.15, 0.2) is 0 Å². The topological polar surface area (TPSA) is 185 Å². The lowest BCUT2D eigenvalue weighted by atomic mass is 9.97. The first-order valence-corrected chi connectivity index (χ1v) is 9.73. The van der Waals surface area contributed by atoms with Crippen molar-refractivity contribution in [2.24, 2.45) is 17.4 Å². The number of nitrogens with two attached hydrogens (primary N) is 2. The summed E-state index contributed by atoms with van der Waals surface area (Å²) in [5.41, 5.74) is 10.5. The van der Waals surface area contributed by atoms with Gasteiger partial charge in [0.2, 0.25) is 23.6 Å². The molecule has 1 aliphatic rings. The molecule has 0 aromatic rings. The molecular formula is C18H31N5O6. The van der Waals surface area contributed by atoms with Gasteiger partial charge in [-0.05, 0) is 25.2 Å². The predicted octanol–water partition coefficient (Wildman–Crippen LogP) is -1.70. The summed E-state index contributed by atoms with van der Waals surface area (Å²) >= 11 is 0. The highest BCUT2D eigenvalue weighted by molar-refractivity contribution is 5.94. The maximum absolute atomic E-state index is 12.9. The Bertz CT molecular complexity index is 640. The zero-order valence-corrected chi connectivity index (χ0v) is 16.8. The van der Waals surface area contributed by atoms with Gasteiger partial charge < -0.3 is 32.1 Å². The second-order valence-corrected chi connectivity index (χ2v) is 7.23. The van der Waals surface area contributed by atoms with Crippen molar-refractivity contribution in [3.63, 3.8) is 0 Å². The maximum atomic E-state index is 12.9. The van der Waals surface area contributed by atoms with Crippen LogP contribution in [-0.4, -0.2) is 70.8 Å². The van der Waals surface area contributed by atoms with Crippen molar-refractivity contribution in [1.29, 1.82) is 0 Å². The fourth-order valence-corrected chi connectivity index (χ4v) is 3.23. The minimum Gasteiger partial charge on any atom is -0.480 e. The number of carboxylic acids is 1. The van der Waals surface area contributed by atoms with Crippen LogP contribution in [0, 0.1) is 5.92 Å². The van der Waals surface area contributed by atoms with Crippen LogP contribution >= 0.6 is 0 Å². The summed E-state index contributed by atoms with van der Waals surface area (Å²) in [5.74, 6) is -3.72. The third-order valence-electron chi connectivity index (χ3n) is 5.11. The summed E-state index contributed by atoms with van der Waals surface area (Å²) in [6.45, 7) is 3.56. The summed E-state index contributed by atoms with van der Waals surface area (Å²) in [6.07, 6.45) is 1.20. The number of amides is 4. The molecule has 1 aliphatic heterocycles. The summed E-state index contributed by atoms with van der Waals surface area (Å²) in [4.78, 5) is 61.2. The minimum atomic E-state index is -1.13. The van der Waals surface area contributed by atoms with Crippen molar-refractivity contribution in [1.82, 2.24) is 15.5 Å². The van der Waals surface area contributed by atoms with E-state index in [1.807, 2.05) is 6.92 Å². The molecular weight excluding hydrogens is 382 g/mol. The minimum absolute atomic E-state index is 0.0686. The number of carbonyl (C=O) groups is 5. The number of likely N-dealkylation sites (tertiary alicyclic amines) is 1. The van der Waals surface area contributed by atoms with Crippen LogP contribution in [0.25, 0.3) is 0 Å². The number of rotatable bonds is 11. The zero-order valence-electron chi connectivity index (χ0n) is 16.8. The first-order valence-electron chi connectivity index (χ1n) is 9.73. The van der Waals surface area contributed by atoms with E-state index in [1.165, 1.54) is 4.90 Å². The Kier molecular flexibility index (Phi) is 9.53. The summed E-state index contributed by atoms with van der Waals surface area (Å²) in [5, 5.41) is 14.4. The molecule has 11 nitrogen and oxygen atoms in total. The Labute approximate surface area is 169 Å². The monoisotopic (exact) mass is 413 g/mol. The number of primary amides is 1. The number of hydrogen-bond donors (Lipinski definition) is 5. The maximum Gasteiger partial charge on any atom is 0.326 e. The molecule has 0 radical (unpaired) electrons. The van der Waals surface area contributed by atoms with E-state index in [-0.39, 0.29) is 31.8 Å². The number of nitrogens with one attached hydrogen (secondary N) is 2. The van der Waals surface area contributed by atoms with Gasteiger partial charge in [-0.25, -0.2) is 4.79 Å². The second kappa shape index (κ2) is 11.3. The van der Waals surface area contributed by atoms with Crippen LogP contribution in [-0.2, 0) is 24.0 Å². The molecule has 1 saturated heterocycles. The van der Waals surface area contributed by atoms with Crippen molar-refractivity contribution in [2.45, 2.75) is 64.1 Å². The van der Waals surface area contributed by atoms with Crippen molar-refractivity contribution in [3.8, 4) is 0 Å². The SMILES string of the molecule is CCC(C)C(NC(=O)CN)C(=O)NC(CCC(N)=O)C(=O)N1CCCC1C(=O)O. The van der Waals surface area contributed by atoms with E-state index in [2.05, 4.69) is 10.6 Å². The number of nitrogens with zero attached hydrogens (tertiary/aromatic N) is 1. The van der Waals surface area contributed by atoms with Crippen LogP contribution in [0.1, 0.15) is 46.0 Å². The molecule has 4 amide bonds.